The summed E-state index contributed by atoms with van der Waals surface area (Å²) >= 11 is 0. The average Bonchev–Trinajstić information content (AvgIpc) is 2.39. The van der Waals surface area contributed by atoms with Crippen LogP contribution in [0.5, 0.6) is 0 Å². The van der Waals surface area contributed by atoms with Crippen LogP contribution < -0.4 is 5.32 Å². The Bertz CT molecular complexity index is 436. The summed E-state index contributed by atoms with van der Waals surface area (Å²) in [5, 5.41) is 3.06. The molecule has 1 N–H and O–H groups in total. The maximum Gasteiger partial charge on any atom is 0.153 e. The maximum atomic E-state index is 12.1. The second-order valence-electron chi connectivity index (χ2n) is 4.55. The third kappa shape index (κ3) is 3.54. The summed E-state index contributed by atoms with van der Waals surface area (Å²) in [5.41, 5.74) is 1.10. The van der Waals surface area contributed by atoms with Crippen molar-refractivity contribution in [3.05, 3.63) is 35.9 Å². The van der Waals surface area contributed by atoms with Gasteiger partial charge in [-0.25, -0.2) is 8.42 Å². The van der Waals surface area contributed by atoms with Crippen LogP contribution in [0.3, 0.4) is 0 Å². The third-order valence-electron chi connectivity index (χ3n) is 3.31. The predicted octanol–water partition coefficient (Wildman–Crippen LogP) is 1.40. The van der Waals surface area contributed by atoms with Crippen molar-refractivity contribution in [2.75, 3.05) is 18.8 Å². The molecule has 0 radical (unpaired) electrons. The van der Waals surface area contributed by atoms with Gasteiger partial charge in [-0.05, 0) is 37.9 Å². The number of rotatable bonds is 4. The Balaban J connectivity index is 1.93. The van der Waals surface area contributed by atoms with Crippen molar-refractivity contribution in [2.24, 2.45) is 0 Å². The topological polar surface area (TPSA) is 46.2 Å². The predicted molar refractivity (Wildman–Crippen MR) is 69.8 cm³/mol. The van der Waals surface area contributed by atoms with Gasteiger partial charge in [0.15, 0.2) is 9.84 Å². The van der Waals surface area contributed by atoms with Gasteiger partial charge in [0.2, 0.25) is 0 Å². The molecular weight excluding hydrogens is 234 g/mol. The molecule has 0 atom stereocenters. The van der Waals surface area contributed by atoms with Crippen LogP contribution in [0.25, 0.3) is 0 Å². The minimum Gasteiger partial charge on any atom is -0.317 e. The van der Waals surface area contributed by atoms with Crippen LogP contribution in [0.1, 0.15) is 18.4 Å². The molecule has 0 saturated carbocycles. The molecule has 0 bridgehead atoms. The molecule has 1 heterocycles. The zero-order valence-corrected chi connectivity index (χ0v) is 10.7. The zero-order valence-electron chi connectivity index (χ0n) is 9.93. The molecule has 94 valence electrons. The second kappa shape index (κ2) is 5.65. The van der Waals surface area contributed by atoms with Crippen molar-refractivity contribution >= 4 is 9.84 Å². The van der Waals surface area contributed by atoms with Crippen molar-refractivity contribution in [3.8, 4) is 0 Å². The fourth-order valence-corrected chi connectivity index (χ4v) is 4.03. The molecule has 1 saturated heterocycles. The highest BCUT2D eigenvalue weighted by molar-refractivity contribution is 7.92. The molecule has 1 aromatic rings. The summed E-state index contributed by atoms with van der Waals surface area (Å²) < 4.78 is 24.3. The van der Waals surface area contributed by atoms with E-state index in [0.717, 1.165) is 31.5 Å². The van der Waals surface area contributed by atoms with E-state index in [1.54, 1.807) is 0 Å². The van der Waals surface area contributed by atoms with Crippen molar-refractivity contribution in [3.63, 3.8) is 0 Å². The first-order chi connectivity index (χ1) is 8.18. The first-order valence-electron chi connectivity index (χ1n) is 6.15. The minimum atomic E-state index is -2.92. The molecule has 3 nitrogen and oxygen atoms in total. The van der Waals surface area contributed by atoms with Crippen LogP contribution in [0.2, 0.25) is 0 Å². The Morgan fingerprint density at radius 1 is 1.12 bits per heavy atom. The standard InChI is InChI=1S/C13H19NO2S/c15-17(16,13-6-9-14-10-7-13)11-8-12-4-2-1-3-5-12/h1-5,13-14H,6-11H2. The van der Waals surface area contributed by atoms with Crippen molar-refractivity contribution < 1.29 is 8.42 Å². The maximum absolute atomic E-state index is 12.1. The lowest BCUT2D eigenvalue weighted by Gasteiger charge is -2.22. The summed E-state index contributed by atoms with van der Waals surface area (Å²) in [5.74, 6) is 0.279. The van der Waals surface area contributed by atoms with Gasteiger partial charge in [-0.2, -0.15) is 0 Å². The van der Waals surface area contributed by atoms with E-state index in [2.05, 4.69) is 5.32 Å². The van der Waals surface area contributed by atoms with Crippen LogP contribution >= 0.6 is 0 Å². The molecule has 1 aromatic carbocycles. The Hall–Kier alpha value is -0.870. The molecule has 2 rings (SSSR count). The molecule has 1 aliphatic rings. The Morgan fingerprint density at radius 2 is 1.76 bits per heavy atom. The number of hydrogen-bond acceptors (Lipinski definition) is 3. The average molecular weight is 253 g/mol. The molecule has 0 amide bonds. The van der Waals surface area contributed by atoms with Crippen molar-refractivity contribution in [1.29, 1.82) is 0 Å². The molecule has 0 aromatic heterocycles. The third-order valence-corrected chi connectivity index (χ3v) is 5.57. The smallest absolute Gasteiger partial charge is 0.153 e. The monoisotopic (exact) mass is 253 g/mol. The van der Waals surface area contributed by atoms with E-state index in [0.29, 0.717) is 6.42 Å². The fraction of sp³-hybridized carbons (Fsp3) is 0.538. The van der Waals surface area contributed by atoms with Gasteiger partial charge in [0, 0.05) is 0 Å². The van der Waals surface area contributed by atoms with E-state index < -0.39 is 9.84 Å². The van der Waals surface area contributed by atoms with Crippen molar-refractivity contribution in [2.45, 2.75) is 24.5 Å². The first-order valence-corrected chi connectivity index (χ1v) is 7.86. The van der Waals surface area contributed by atoms with Crippen molar-refractivity contribution in [1.82, 2.24) is 5.32 Å². The van der Waals surface area contributed by atoms with Gasteiger partial charge in [0.25, 0.3) is 0 Å². The molecular formula is C13H19NO2S. The first kappa shape index (κ1) is 12.6. The SMILES string of the molecule is O=S(=O)(CCc1ccccc1)C1CCNCC1. The number of benzene rings is 1. The van der Waals surface area contributed by atoms with E-state index >= 15 is 0 Å². The summed E-state index contributed by atoms with van der Waals surface area (Å²) in [6.07, 6.45) is 2.15. The van der Waals surface area contributed by atoms with Gasteiger partial charge < -0.3 is 5.32 Å². The van der Waals surface area contributed by atoms with Gasteiger partial charge in [0.05, 0.1) is 11.0 Å². The highest BCUT2D eigenvalue weighted by atomic mass is 32.2. The normalized spacial score (nSPS) is 18.1. The molecule has 0 spiro atoms. The van der Waals surface area contributed by atoms with Gasteiger partial charge in [-0.3, -0.25) is 0 Å². The summed E-state index contributed by atoms with van der Waals surface area (Å²) in [4.78, 5) is 0. The van der Waals surface area contributed by atoms with Crippen LogP contribution in [0, 0.1) is 0 Å². The van der Waals surface area contributed by atoms with E-state index in [9.17, 15) is 8.42 Å². The zero-order chi connectivity index (χ0) is 12.1. The highest BCUT2D eigenvalue weighted by Gasteiger charge is 2.26. The summed E-state index contributed by atoms with van der Waals surface area (Å²) in [6.45, 7) is 1.66. The Morgan fingerprint density at radius 3 is 2.41 bits per heavy atom. The van der Waals surface area contributed by atoms with Gasteiger partial charge in [0.1, 0.15) is 0 Å². The number of sulfone groups is 1. The number of nitrogens with one attached hydrogen (secondary N) is 1. The van der Waals surface area contributed by atoms with Crippen LogP contribution in [0.15, 0.2) is 30.3 Å². The summed E-state index contributed by atoms with van der Waals surface area (Å²) in [6, 6.07) is 9.82. The number of piperidine rings is 1. The van der Waals surface area contributed by atoms with Gasteiger partial charge in [-0.1, -0.05) is 30.3 Å². The molecule has 1 fully saturated rings. The molecule has 17 heavy (non-hydrogen) atoms. The van der Waals surface area contributed by atoms with Crippen LogP contribution in [0.4, 0.5) is 0 Å². The largest absolute Gasteiger partial charge is 0.317 e. The quantitative estimate of drug-likeness (QED) is 0.882. The summed E-state index contributed by atoms with van der Waals surface area (Å²) in [7, 11) is -2.92. The lowest BCUT2D eigenvalue weighted by atomic mass is 10.2. The van der Waals surface area contributed by atoms with Crippen LogP contribution in [-0.2, 0) is 16.3 Å². The Labute approximate surface area is 103 Å². The minimum absolute atomic E-state index is 0.132. The van der Waals surface area contributed by atoms with E-state index in [4.69, 9.17) is 0 Å². The number of aryl methyl sites for hydroxylation is 1. The van der Waals surface area contributed by atoms with E-state index in [-0.39, 0.29) is 11.0 Å². The second-order valence-corrected chi connectivity index (χ2v) is 6.95. The highest BCUT2D eigenvalue weighted by Crippen LogP contribution is 2.15. The molecule has 1 aliphatic heterocycles. The number of hydrogen-bond donors (Lipinski definition) is 1. The Kier molecular flexibility index (Phi) is 4.18. The van der Waals surface area contributed by atoms with E-state index in [1.807, 2.05) is 30.3 Å². The van der Waals surface area contributed by atoms with E-state index in [1.165, 1.54) is 0 Å². The van der Waals surface area contributed by atoms with Crippen LogP contribution in [-0.4, -0.2) is 32.5 Å². The lowest BCUT2D eigenvalue weighted by molar-refractivity contribution is 0.496. The fourth-order valence-electron chi connectivity index (χ4n) is 2.23. The molecule has 4 heteroatoms. The van der Waals surface area contributed by atoms with Gasteiger partial charge in [-0.15, -0.1) is 0 Å². The lowest BCUT2D eigenvalue weighted by Crippen LogP contribution is -2.37. The van der Waals surface area contributed by atoms with Gasteiger partial charge >= 0.3 is 0 Å². The molecule has 0 unspecified atom stereocenters. The molecule has 0 aliphatic carbocycles.